The number of halogens is 1. The molecule has 0 aliphatic carbocycles. The zero-order valence-corrected chi connectivity index (χ0v) is 14.6. The minimum Gasteiger partial charge on any atom is -0.407 e. The number of benzene rings is 3. The van der Waals surface area contributed by atoms with Gasteiger partial charge in [-0.05, 0) is 30.3 Å². The van der Waals surface area contributed by atoms with E-state index < -0.39 is 11.7 Å². The highest BCUT2D eigenvalue weighted by Gasteiger charge is 2.21. The van der Waals surface area contributed by atoms with E-state index in [1.54, 1.807) is 48.5 Å². The predicted molar refractivity (Wildman–Crippen MR) is 102 cm³/mol. The second-order valence-corrected chi connectivity index (χ2v) is 6.27. The second-order valence-electron chi connectivity index (χ2n) is 5.87. The van der Waals surface area contributed by atoms with Crippen LogP contribution < -0.4 is 5.76 Å². The molecule has 4 aromatic rings. The molecule has 0 bridgehead atoms. The SMILES string of the molecule is O=C(c1ccccc1)c1ccc2c(c1)oc(=O)n2C(=O)c1ccccc1Cl. The third-order valence-corrected chi connectivity index (χ3v) is 4.52. The zero-order valence-electron chi connectivity index (χ0n) is 13.9. The summed E-state index contributed by atoms with van der Waals surface area (Å²) < 4.78 is 6.11. The molecule has 6 heteroatoms. The predicted octanol–water partition coefficient (Wildman–Crippen LogP) is 4.17. The molecule has 27 heavy (non-hydrogen) atoms. The number of hydrogen-bond donors (Lipinski definition) is 0. The van der Waals surface area contributed by atoms with E-state index in [1.165, 1.54) is 18.2 Å². The van der Waals surface area contributed by atoms with E-state index in [0.717, 1.165) is 4.57 Å². The van der Waals surface area contributed by atoms with Crippen molar-refractivity contribution < 1.29 is 14.0 Å². The van der Waals surface area contributed by atoms with Crippen LogP contribution in [0.2, 0.25) is 5.02 Å². The van der Waals surface area contributed by atoms with Crippen LogP contribution in [0.5, 0.6) is 0 Å². The van der Waals surface area contributed by atoms with Crippen LogP contribution in [0.1, 0.15) is 26.3 Å². The van der Waals surface area contributed by atoms with Crippen molar-refractivity contribution in [3.8, 4) is 0 Å². The summed E-state index contributed by atoms with van der Waals surface area (Å²) in [6.45, 7) is 0. The van der Waals surface area contributed by atoms with E-state index in [4.69, 9.17) is 16.0 Å². The third kappa shape index (κ3) is 2.98. The van der Waals surface area contributed by atoms with Gasteiger partial charge in [-0.1, -0.05) is 54.1 Å². The van der Waals surface area contributed by atoms with Crippen molar-refractivity contribution in [3.05, 3.63) is 105 Å². The van der Waals surface area contributed by atoms with Gasteiger partial charge >= 0.3 is 5.76 Å². The summed E-state index contributed by atoms with van der Waals surface area (Å²) in [6, 6.07) is 19.7. The van der Waals surface area contributed by atoms with Crippen LogP contribution >= 0.6 is 11.6 Å². The smallest absolute Gasteiger partial charge is 0.407 e. The van der Waals surface area contributed by atoms with Crippen molar-refractivity contribution in [3.63, 3.8) is 0 Å². The second kappa shape index (κ2) is 6.70. The van der Waals surface area contributed by atoms with Crippen molar-refractivity contribution in [2.75, 3.05) is 0 Å². The molecule has 0 aliphatic heterocycles. The highest BCUT2D eigenvalue weighted by molar-refractivity contribution is 6.34. The molecule has 4 rings (SSSR count). The van der Waals surface area contributed by atoms with Gasteiger partial charge in [-0.3, -0.25) is 9.59 Å². The number of carbonyl (C=O) groups excluding carboxylic acids is 2. The quantitative estimate of drug-likeness (QED) is 0.502. The minimum absolute atomic E-state index is 0.155. The molecule has 0 saturated heterocycles. The molecule has 5 nitrogen and oxygen atoms in total. The average molecular weight is 378 g/mol. The minimum atomic E-state index is -0.834. The summed E-state index contributed by atoms with van der Waals surface area (Å²) in [5.41, 5.74) is 1.50. The van der Waals surface area contributed by atoms with Gasteiger partial charge in [-0.15, -0.1) is 0 Å². The van der Waals surface area contributed by atoms with Gasteiger partial charge in [0.25, 0.3) is 5.91 Å². The maximum atomic E-state index is 12.8. The molecule has 0 unspecified atom stereocenters. The van der Waals surface area contributed by atoms with E-state index in [0.29, 0.717) is 11.1 Å². The van der Waals surface area contributed by atoms with Crippen LogP contribution in [0.25, 0.3) is 11.1 Å². The van der Waals surface area contributed by atoms with Gasteiger partial charge in [0.2, 0.25) is 0 Å². The molecular formula is C21H12ClNO4. The van der Waals surface area contributed by atoms with Crippen LogP contribution in [0.4, 0.5) is 0 Å². The normalized spacial score (nSPS) is 10.9. The Bertz CT molecular complexity index is 1240. The van der Waals surface area contributed by atoms with Gasteiger partial charge < -0.3 is 4.42 Å². The molecule has 0 radical (unpaired) electrons. The van der Waals surface area contributed by atoms with Crippen LogP contribution in [-0.4, -0.2) is 16.3 Å². The Balaban J connectivity index is 1.80. The summed E-state index contributed by atoms with van der Waals surface area (Å²) in [5, 5.41) is 0.236. The monoisotopic (exact) mass is 377 g/mol. The molecule has 0 saturated carbocycles. The first-order valence-electron chi connectivity index (χ1n) is 8.11. The van der Waals surface area contributed by atoms with Crippen molar-refractivity contribution in [1.82, 2.24) is 4.57 Å². The van der Waals surface area contributed by atoms with Gasteiger partial charge in [0, 0.05) is 11.1 Å². The van der Waals surface area contributed by atoms with Gasteiger partial charge in [0.1, 0.15) is 0 Å². The summed E-state index contributed by atoms with van der Waals surface area (Å²) in [7, 11) is 0. The summed E-state index contributed by atoms with van der Waals surface area (Å²) >= 11 is 6.06. The molecule has 0 spiro atoms. The Morgan fingerprint density at radius 2 is 1.56 bits per heavy atom. The molecule has 0 amide bonds. The van der Waals surface area contributed by atoms with Gasteiger partial charge in [0.15, 0.2) is 11.4 Å². The van der Waals surface area contributed by atoms with Crippen molar-refractivity contribution >= 4 is 34.4 Å². The first-order valence-corrected chi connectivity index (χ1v) is 8.48. The Hall–Kier alpha value is -3.44. The number of hydrogen-bond acceptors (Lipinski definition) is 4. The number of carbonyl (C=O) groups is 2. The summed E-state index contributed by atoms with van der Waals surface area (Å²) in [6.07, 6.45) is 0. The maximum absolute atomic E-state index is 12.8. The van der Waals surface area contributed by atoms with Crippen molar-refractivity contribution in [1.29, 1.82) is 0 Å². The van der Waals surface area contributed by atoms with Gasteiger partial charge in [-0.25, -0.2) is 9.36 Å². The van der Waals surface area contributed by atoms with Crippen LogP contribution in [0, 0.1) is 0 Å². The number of rotatable bonds is 3. The molecular weight excluding hydrogens is 366 g/mol. The lowest BCUT2D eigenvalue weighted by Crippen LogP contribution is -2.23. The topological polar surface area (TPSA) is 69.3 Å². The van der Waals surface area contributed by atoms with Crippen LogP contribution in [-0.2, 0) is 0 Å². The van der Waals surface area contributed by atoms with Crippen molar-refractivity contribution in [2.24, 2.45) is 0 Å². The molecule has 1 aromatic heterocycles. The molecule has 0 aliphatic rings. The molecule has 0 fully saturated rings. The Morgan fingerprint density at radius 1 is 0.852 bits per heavy atom. The van der Waals surface area contributed by atoms with E-state index in [-0.39, 0.29) is 27.5 Å². The van der Waals surface area contributed by atoms with E-state index in [9.17, 15) is 14.4 Å². The summed E-state index contributed by atoms with van der Waals surface area (Å²) in [4.78, 5) is 37.6. The largest absolute Gasteiger partial charge is 0.427 e. The number of fused-ring (bicyclic) bond motifs is 1. The van der Waals surface area contributed by atoms with Gasteiger partial charge in [0.05, 0.1) is 16.1 Å². The Kier molecular flexibility index (Phi) is 4.22. The van der Waals surface area contributed by atoms with Crippen LogP contribution in [0.15, 0.2) is 82.0 Å². The molecule has 0 N–H and O–H groups in total. The fraction of sp³-hybridized carbons (Fsp3) is 0. The van der Waals surface area contributed by atoms with E-state index in [2.05, 4.69) is 0 Å². The maximum Gasteiger partial charge on any atom is 0.427 e. The fourth-order valence-electron chi connectivity index (χ4n) is 2.86. The average Bonchev–Trinajstić information content (AvgIpc) is 3.02. The number of oxazole rings is 1. The highest BCUT2D eigenvalue weighted by atomic mass is 35.5. The zero-order chi connectivity index (χ0) is 19.0. The summed E-state index contributed by atoms with van der Waals surface area (Å²) in [5.74, 6) is -1.63. The first-order chi connectivity index (χ1) is 13.1. The molecule has 0 atom stereocenters. The lowest BCUT2D eigenvalue weighted by Gasteiger charge is -2.04. The fourth-order valence-corrected chi connectivity index (χ4v) is 3.08. The molecule has 1 heterocycles. The lowest BCUT2D eigenvalue weighted by molar-refractivity contribution is 0.0956. The first kappa shape index (κ1) is 17.0. The lowest BCUT2D eigenvalue weighted by atomic mass is 10.0. The van der Waals surface area contributed by atoms with E-state index in [1.807, 2.05) is 6.07 Å². The molecule has 132 valence electrons. The van der Waals surface area contributed by atoms with Crippen LogP contribution in [0.3, 0.4) is 0 Å². The highest BCUT2D eigenvalue weighted by Crippen LogP contribution is 2.21. The Morgan fingerprint density at radius 3 is 2.30 bits per heavy atom. The number of nitrogens with zero attached hydrogens (tertiary/aromatic N) is 1. The third-order valence-electron chi connectivity index (χ3n) is 4.19. The van der Waals surface area contributed by atoms with Crippen molar-refractivity contribution in [2.45, 2.75) is 0 Å². The van der Waals surface area contributed by atoms with E-state index >= 15 is 0 Å². The number of aromatic nitrogens is 1. The standard InChI is InChI=1S/C21H12ClNO4/c22-16-9-5-4-8-15(16)20(25)23-17-11-10-14(12-18(17)27-21(23)26)19(24)13-6-2-1-3-7-13/h1-12H. The molecule has 3 aromatic carbocycles. The Labute approximate surface area is 158 Å². The van der Waals surface area contributed by atoms with Gasteiger partial charge in [-0.2, -0.15) is 0 Å². The number of ketones is 1.